The van der Waals surface area contributed by atoms with E-state index in [-0.39, 0.29) is 0 Å². The van der Waals surface area contributed by atoms with Crippen molar-refractivity contribution >= 4 is 5.91 Å². The standard InChI is InChI=1S/C5H9NO2/c1-3-4-5(7)6(2)8/h3-4,8H,1-2H3/b4-3-. The van der Waals surface area contributed by atoms with Gasteiger partial charge in [0.05, 0.1) is 0 Å². The Morgan fingerprint density at radius 2 is 2.25 bits per heavy atom. The third kappa shape index (κ3) is 2.36. The lowest BCUT2D eigenvalue weighted by atomic mass is 10.5. The molecule has 0 heterocycles. The third-order valence-electron chi connectivity index (χ3n) is 0.628. The van der Waals surface area contributed by atoms with E-state index in [4.69, 9.17) is 5.21 Å². The number of rotatable bonds is 1. The second-order valence-corrected chi connectivity index (χ2v) is 1.36. The number of allylic oxidation sites excluding steroid dienone is 1. The molecule has 0 aromatic heterocycles. The van der Waals surface area contributed by atoms with Crippen molar-refractivity contribution in [3.05, 3.63) is 12.2 Å². The average Bonchev–Trinajstić information content (AvgIpc) is 1.67. The molecule has 0 saturated carbocycles. The van der Waals surface area contributed by atoms with Crippen LogP contribution in [0.2, 0.25) is 0 Å². The van der Waals surface area contributed by atoms with Crippen molar-refractivity contribution in [3.63, 3.8) is 0 Å². The normalized spacial score (nSPS) is 9.88. The van der Waals surface area contributed by atoms with Crippen molar-refractivity contribution in [2.75, 3.05) is 7.05 Å². The van der Waals surface area contributed by atoms with Gasteiger partial charge in [-0.05, 0) is 6.92 Å². The molecule has 0 unspecified atom stereocenters. The number of hydrogen-bond donors (Lipinski definition) is 1. The Kier molecular flexibility index (Phi) is 2.88. The summed E-state index contributed by atoms with van der Waals surface area (Å²) in [5.41, 5.74) is 0. The van der Waals surface area contributed by atoms with Crippen molar-refractivity contribution in [1.29, 1.82) is 0 Å². The third-order valence-corrected chi connectivity index (χ3v) is 0.628. The van der Waals surface area contributed by atoms with Gasteiger partial charge in [0.15, 0.2) is 0 Å². The molecule has 8 heavy (non-hydrogen) atoms. The lowest BCUT2D eigenvalue weighted by Crippen LogP contribution is -2.19. The fraction of sp³-hybridized carbons (Fsp3) is 0.400. The van der Waals surface area contributed by atoms with Crippen LogP contribution >= 0.6 is 0 Å². The Balaban J connectivity index is 3.66. The minimum Gasteiger partial charge on any atom is -0.286 e. The molecule has 0 aromatic rings. The van der Waals surface area contributed by atoms with Crippen molar-refractivity contribution < 1.29 is 10.0 Å². The molecule has 0 rings (SSSR count). The van der Waals surface area contributed by atoms with Crippen molar-refractivity contribution in [3.8, 4) is 0 Å². The van der Waals surface area contributed by atoms with Crippen LogP contribution in [0.3, 0.4) is 0 Å². The minimum atomic E-state index is -0.410. The quantitative estimate of drug-likeness (QED) is 0.305. The number of amides is 1. The number of carbonyl (C=O) groups excluding carboxylic acids is 1. The maximum Gasteiger partial charge on any atom is 0.269 e. The molecule has 0 aliphatic rings. The SMILES string of the molecule is C/C=C\C(=O)N(C)O. The van der Waals surface area contributed by atoms with Gasteiger partial charge in [-0.15, -0.1) is 0 Å². The van der Waals surface area contributed by atoms with Crippen LogP contribution in [-0.2, 0) is 4.79 Å². The number of nitrogens with zero attached hydrogens (tertiary/aromatic N) is 1. The lowest BCUT2D eigenvalue weighted by molar-refractivity contribution is -0.153. The molecule has 0 bridgehead atoms. The predicted molar refractivity (Wildman–Crippen MR) is 29.4 cm³/mol. The van der Waals surface area contributed by atoms with Gasteiger partial charge >= 0.3 is 0 Å². The zero-order valence-corrected chi connectivity index (χ0v) is 4.96. The van der Waals surface area contributed by atoms with Crippen LogP contribution in [0, 0.1) is 0 Å². The summed E-state index contributed by atoms with van der Waals surface area (Å²) in [6.07, 6.45) is 2.84. The van der Waals surface area contributed by atoms with Crippen LogP contribution in [0.4, 0.5) is 0 Å². The van der Waals surface area contributed by atoms with Crippen LogP contribution in [0.25, 0.3) is 0 Å². The highest BCUT2D eigenvalue weighted by Crippen LogP contribution is 1.78. The molecular formula is C5H9NO2. The Morgan fingerprint density at radius 1 is 1.75 bits per heavy atom. The van der Waals surface area contributed by atoms with Gasteiger partial charge in [-0.25, -0.2) is 5.06 Å². The first-order valence-electron chi connectivity index (χ1n) is 2.27. The van der Waals surface area contributed by atoms with Gasteiger partial charge in [0, 0.05) is 13.1 Å². The Labute approximate surface area is 48.2 Å². The van der Waals surface area contributed by atoms with Gasteiger partial charge in [-0.3, -0.25) is 10.0 Å². The molecule has 1 N–H and O–H groups in total. The number of hydroxylamine groups is 2. The molecular weight excluding hydrogens is 106 g/mol. The second kappa shape index (κ2) is 3.21. The van der Waals surface area contributed by atoms with Crippen molar-refractivity contribution in [2.45, 2.75) is 6.92 Å². The highest BCUT2D eigenvalue weighted by atomic mass is 16.5. The molecule has 0 saturated heterocycles. The summed E-state index contributed by atoms with van der Waals surface area (Å²) in [6.45, 7) is 1.71. The van der Waals surface area contributed by atoms with E-state index in [9.17, 15) is 4.79 Å². The molecule has 0 atom stereocenters. The summed E-state index contributed by atoms with van der Waals surface area (Å²) in [6, 6.07) is 0. The van der Waals surface area contributed by atoms with Crippen LogP contribution in [0.5, 0.6) is 0 Å². The van der Waals surface area contributed by atoms with E-state index in [1.807, 2.05) is 0 Å². The van der Waals surface area contributed by atoms with Crippen LogP contribution in [0.1, 0.15) is 6.92 Å². The van der Waals surface area contributed by atoms with E-state index < -0.39 is 5.91 Å². The van der Waals surface area contributed by atoms with Gasteiger partial charge in [-0.1, -0.05) is 6.08 Å². The molecule has 3 nitrogen and oxygen atoms in total. The first kappa shape index (κ1) is 7.17. The lowest BCUT2D eigenvalue weighted by Gasteiger charge is -2.01. The van der Waals surface area contributed by atoms with Gasteiger partial charge < -0.3 is 0 Å². The van der Waals surface area contributed by atoms with Crippen LogP contribution < -0.4 is 0 Å². The summed E-state index contributed by atoms with van der Waals surface area (Å²) in [7, 11) is 1.28. The number of likely N-dealkylation sites (N-methyl/N-ethyl adjacent to an activating group) is 1. The Morgan fingerprint density at radius 3 is 2.38 bits per heavy atom. The largest absolute Gasteiger partial charge is 0.286 e. The van der Waals surface area contributed by atoms with E-state index in [0.29, 0.717) is 5.06 Å². The van der Waals surface area contributed by atoms with Crippen LogP contribution in [-0.4, -0.2) is 23.2 Å². The molecule has 0 spiro atoms. The van der Waals surface area contributed by atoms with Gasteiger partial charge in [0.25, 0.3) is 5.91 Å². The monoisotopic (exact) mass is 115 g/mol. The maximum absolute atomic E-state index is 10.3. The summed E-state index contributed by atoms with van der Waals surface area (Å²) >= 11 is 0. The minimum absolute atomic E-state index is 0.410. The predicted octanol–water partition coefficient (Wildman–Crippen LogP) is 0.410. The highest BCUT2D eigenvalue weighted by molar-refractivity contribution is 5.86. The molecule has 1 amide bonds. The molecule has 0 fully saturated rings. The van der Waals surface area contributed by atoms with Crippen molar-refractivity contribution in [1.82, 2.24) is 5.06 Å². The van der Waals surface area contributed by atoms with Crippen LogP contribution in [0.15, 0.2) is 12.2 Å². The summed E-state index contributed by atoms with van der Waals surface area (Å²) in [4.78, 5) is 10.3. The van der Waals surface area contributed by atoms with Crippen molar-refractivity contribution in [2.24, 2.45) is 0 Å². The summed E-state index contributed by atoms with van der Waals surface area (Å²) in [5.74, 6) is -0.410. The molecule has 0 aromatic carbocycles. The smallest absolute Gasteiger partial charge is 0.269 e. The topological polar surface area (TPSA) is 40.5 Å². The summed E-state index contributed by atoms with van der Waals surface area (Å²) < 4.78 is 0. The number of hydrogen-bond acceptors (Lipinski definition) is 2. The average molecular weight is 115 g/mol. The first-order valence-corrected chi connectivity index (χ1v) is 2.27. The number of carbonyl (C=O) groups is 1. The maximum atomic E-state index is 10.3. The van der Waals surface area contributed by atoms with E-state index in [2.05, 4.69) is 0 Å². The molecule has 0 radical (unpaired) electrons. The van der Waals surface area contributed by atoms with Gasteiger partial charge in [-0.2, -0.15) is 0 Å². The fourth-order valence-electron chi connectivity index (χ4n) is 0.250. The molecule has 3 heteroatoms. The van der Waals surface area contributed by atoms with Gasteiger partial charge in [0.1, 0.15) is 0 Å². The Hall–Kier alpha value is -0.830. The van der Waals surface area contributed by atoms with E-state index in [0.717, 1.165) is 0 Å². The van der Waals surface area contributed by atoms with E-state index in [1.54, 1.807) is 13.0 Å². The van der Waals surface area contributed by atoms with E-state index >= 15 is 0 Å². The summed E-state index contributed by atoms with van der Waals surface area (Å²) in [5, 5.41) is 8.91. The fourth-order valence-corrected chi connectivity index (χ4v) is 0.250. The molecule has 0 aliphatic heterocycles. The van der Waals surface area contributed by atoms with Gasteiger partial charge in [0.2, 0.25) is 0 Å². The Bertz CT molecular complexity index is 107. The highest BCUT2D eigenvalue weighted by Gasteiger charge is 1.95. The zero-order valence-electron chi connectivity index (χ0n) is 4.96. The second-order valence-electron chi connectivity index (χ2n) is 1.36. The van der Waals surface area contributed by atoms with E-state index in [1.165, 1.54) is 13.1 Å². The zero-order chi connectivity index (χ0) is 6.57. The molecule has 46 valence electrons. The molecule has 0 aliphatic carbocycles. The first-order chi connectivity index (χ1) is 3.68.